The van der Waals surface area contributed by atoms with Gasteiger partial charge in [-0.05, 0) is 70.6 Å². The standard InChI is InChI=1S/C43H75O8P/c1-3-5-7-9-11-13-15-16-17-18-19-20-21-22-23-24-25-26-28-30-32-34-36-38-43(45)51-41(40-50-52(46,47)48)39-49-42(44)37-35-33-31-29-27-14-12-10-8-6-4-2/h5,7,10-13,16-17,19-20,41H,3-4,6,8-9,14-15,18,21-40H2,1-2H3,(H2,46,47,48)/b7-5-,12-10-,13-11-,17-16-,20-19-. The van der Waals surface area contributed by atoms with Gasteiger partial charge in [-0.1, -0.05) is 158 Å². The molecule has 0 saturated heterocycles. The van der Waals surface area contributed by atoms with Crippen molar-refractivity contribution in [3.63, 3.8) is 0 Å². The van der Waals surface area contributed by atoms with Crippen LogP contribution < -0.4 is 0 Å². The van der Waals surface area contributed by atoms with Crippen LogP contribution in [-0.2, 0) is 28.2 Å². The molecule has 1 atom stereocenters. The second kappa shape index (κ2) is 38.5. The molecule has 2 N–H and O–H groups in total. The largest absolute Gasteiger partial charge is 0.469 e. The Morgan fingerprint density at radius 2 is 0.923 bits per heavy atom. The van der Waals surface area contributed by atoms with E-state index in [0.717, 1.165) is 89.9 Å². The lowest BCUT2D eigenvalue weighted by molar-refractivity contribution is -0.161. The van der Waals surface area contributed by atoms with Crippen molar-refractivity contribution in [2.75, 3.05) is 13.2 Å². The van der Waals surface area contributed by atoms with Crippen LogP contribution in [0.4, 0.5) is 0 Å². The molecule has 8 nitrogen and oxygen atoms in total. The second-order valence-corrected chi connectivity index (χ2v) is 14.8. The van der Waals surface area contributed by atoms with Crippen molar-refractivity contribution >= 4 is 19.8 Å². The van der Waals surface area contributed by atoms with Gasteiger partial charge in [-0.15, -0.1) is 0 Å². The Balaban J connectivity index is 3.89. The lowest BCUT2D eigenvalue weighted by Gasteiger charge is -2.18. The zero-order valence-corrected chi connectivity index (χ0v) is 33.8. The SMILES string of the molecule is CC/C=C\C/C=C\C/C=C\C/C=C\CCCCCCCCCCCCC(=O)OC(COC(=O)CCCCCCC/C=C\CCCC)COP(=O)(O)O. The summed E-state index contributed by atoms with van der Waals surface area (Å²) < 4.78 is 26.3. The van der Waals surface area contributed by atoms with E-state index in [0.29, 0.717) is 12.8 Å². The first kappa shape index (κ1) is 49.8. The topological polar surface area (TPSA) is 119 Å². The molecule has 0 rings (SSSR count). The minimum absolute atomic E-state index is 0.203. The number of unbranched alkanes of at least 4 members (excludes halogenated alkanes) is 17. The molecule has 0 spiro atoms. The molecular formula is C43H75O8P. The Kier molecular flexibility index (Phi) is 36.8. The van der Waals surface area contributed by atoms with Gasteiger partial charge in [0.15, 0.2) is 6.10 Å². The van der Waals surface area contributed by atoms with Crippen LogP contribution in [0, 0.1) is 0 Å². The van der Waals surface area contributed by atoms with Gasteiger partial charge in [0.05, 0.1) is 6.61 Å². The third-order valence-electron chi connectivity index (χ3n) is 8.52. The van der Waals surface area contributed by atoms with Crippen LogP contribution in [0.2, 0.25) is 0 Å². The third kappa shape index (κ3) is 40.5. The number of hydrogen-bond acceptors (Lipinski definition) is 6. The van der Waals surface area contributed by atoms with Crippen LogP contribution in [0.1, 0.15) is 181 Å². The molecule has 0 aromatic heterocycles. The van der Waals surface area contributed by atoms with Gasteiger partial charge in [0.2, 0.25) is 0 Å². The smallest absolute Gasteiger partial charge is 0.462 e. The molecule has 0 fully saturated rings. The molecule has 0 aliphatic carbocycles. The summed E-state index contributed by atoms with van der Waals surface area (Å²) in [7, 11) is -4.76. The molecule has 0 aliphatic rings. The van der Waals surface area contributed by atoms with Crippen LogP contribution >= 0.6 is 7.82 Å². The number of carbonyl (C=O) groups excluding carboxylic acids is 2. The Bertz CT molecular complexity index is 1030. The van der Waals surface area contributed by atoms with Crippen LogP contribution in [0.3, 0.4) is 0 Å². The van der Waals surface area contributed by atoms with Crippen molar-refractivity contribution in [1.29, 1.82) is 0 Å². The zero-order valence-electron chi connectivity index (χ0n) is 32.9. The maximum atomic E-state index is 12.4. The number of phosphoric ester groups is 1. The number of allylic oxidation sites excluding steroid dienone is 10. The fraction of sp³-hybridized carbons (Fsp3) is 0.721. The van der Waals surface area contributed by atoms with Gasteiger partial charge in [-0.3, -0.25) is 14.1 Å². The molecule has 0 bridgehead atoms. The van der Waals surface area contributed by atoms with E-state index < -0.39 is 32.5 Å². The van der Waals surface area contributed by atoms with Gasteiger partial charge in [-0.2, -0.15) is 0 Å². The summed E-state index contributed by atoms with van der Waals surface area (Å²) in [6.45, 7) is 3.51. The first-order valence-electron chi connectivity index (χ1n) is 20.6. The molecule has 300 valence electrons. The lowest BCUT2D eigenvalue weighted by Crippen LogP contribution is -2.29. The molecule has 9 heteroatoms. The fourth-order valence-electron chi connectivity index (χ4n) is 5.46. The molecule has 0 heterocycles. The van der Waals surface area contributed by atoms with Crippen molar-refractivity contribution in [2.24, 2.45) is 0 Å². The molecule has 0 aliphatic heterocycles. The average molecular weight is 751 g/mol. The highest BCUT2D eigenvalue weighted by Crippen LogP contribution is 2.36. The third-order valence-corrected chi connectivity index (χ3v) is 9.01. The number of phosphoric acid groups is 1. The van der Waals surface area contributed by atoms with Crippen molar-refractivity contribution in [3.8, 4) is 0 Å². The van der Waals surface area contributed by atoms with Crippen LogP contribution in [0.15, 0.2) is 60.8 Å². The van der Waals surface area contributed by atoms with E-state index >= 15 is 0 Å². The second-order valence-electron chi connectivity index (χ2n) is 13.6. The van der Waals surface area contributed by atoms with Crippen LogP contribution in [0.5, 0.6) is 0 Å². The average Bonchev–Trinajstić information content (AvgIpc) is 3.11. The first-order chi connectivity index (χ1) is 25.3. The summed E-state index contributed by atoms with van der Waals surface area (Å²) in [5, 5.41) is 0. The first-order valence-corrected chi connectivity index (χ1v) is 22.1. The van der Waals surface area contributed by atoms with Gasteiger partial charge in [0.1, 0.15) is 6.61 Å². The number of carbonyl (C=O) groups is 2. The minimum Gasteiger partial charge on any atom is -0.462 e. The summed E-state index contributed by atoms with van der Waals surface area (Å²) in [5.74, 6) is -0.904. The van der Waals surface area contributed by atoms with Crippen LogP contribution in [0.25, 0.3) is 0 Å². The molecule has 0 radical (unpaired) electrons. The maximum absolute atomic E-state index is 12.4. The Labute approximate surface area is 317 Å². The van der Waals surface area contributed by atoms with Gasteiger partial charge in [0, 0.05) is 12.8 Å². The van der Waals surface area contributed by atoms with E-state index in [-0.39, 0.29) is 19.4 Å². The number of rotatable bonds is 37. The monoisotopic (exact) mass is 751 g/mol. The Hall–Kier alpha value is -2.25. The lowest BCUT2D eigenvalue weighted by atomic mass is 10.0. The summed E-state index contributed by atoms with van der Waals surface area (Å²) in [6, 6.07) is 0. The van der Waals surface area contributed by atoms with Crippen LogP contribution in [-0.4, -0.2) is 41.0 Å². The summed E-state index contributed by atoms with van der Waals surface area (Å²) in [6.07, 6.45) is 48.0. The minimum atomic E-state index is -4.76. The predicted molar refractivity (Wildman–Crippen MR) is 216 cm³/mol. The van der Waals surface area contributed by atoms with Gasteiger partial charge in [-0.25, -0.2) is 4.57 Å². The zero-order chi connectivity index (χ0) is 38.2. The van der Waals surface area contributed by atoms with Gasteiger partial charge >= 0.3 is 19.8 Å². The predicted octanol–water partition coefficient (Wildman–Crippen LogP) is 12.5. The normalized spacial score (nSPS) is 13.1. The van der Waals surface area contributed by atoms with E-state index in [1.165, 1.54) is 51.4 Å². The Morgan fingerprint density at radius 3 is 1.40 bits per heavy atom. The number of hydrogen-bond donors (Lipinski definition) is 2. The molecule has 52 heavy (non-hydrogen) atoms. The molecule has 0 aromatic carbocycles. The molecule has 0 saturated carbocycles. The summed E-state index contributed by atoms with van der Waals surface area (Å²) in [4.78, 5) is 42.8. The van der Waals surface area contributed by atoms with E-state index in [2.05, 4.69) is 79.1 Å². The summed E-state index contributed by atoms with van der Waals surface area (Å²) >= 11 is 0. The fourth-order valence-corrected chi connectivity index (χ4v) is 5.82. The highest BCUT2D eigenvalue weighted by Gasteiger charge is 2.22. The van der Waals surface area contributed by atoms with Crippen molar-refractivity contribution in [1.82, 2.24) is 0 Å². The van der Waals surface area contributed by atoms with Crippen molar-refractivity contribution < 1.29 is 37.9 Å². The van der Waals surface area contributed by atoms with E-state index in [1.807, 2.05) is 0 Å². The van der Waals surface area contributed by atoms with Crippen molar-refractivity contribution in [2.45, 2.75) is 187 Å². The molecule has 0 amide bonds. The Morgan fingerprint density at radius 1 is 0.519 bits per heavy atom. The van der Waals surface area contributed by atoms with Gasteiger partial charge < -0.3 is 19.3 Å². The summed E-state index contributed by atoms with van der Waals surface area (Å²) in [5.41, 5.74) is 0. The van der Waals surface area contributed by atoms with Gasteiger partial charge in [0.25, 0.3) is 0 Å². The van der Waals surface area contributed by atoms with E-state index in [1.54, 1.807) is 0 Å². The number of esters is 2. The van der Waals surface area contributed by atoms with E-state index in [9.17, 15) is 14.2 Å². The highest BCUT2D eigenvalue weighted by atomic mass is 31.2. The molecular weight excluding hydrogens is 675 g/mol. The highest BCUT2D eigenvalue weighted by molar-refractivity contribution is 7.46. The van der Waals surface area contributed by atoms with E-state index in [4.69, 9.17) is 19.3 Å². The quantitative estimate of drug-likeness (QED) is 0.0279. The molecule has 1 unspecified atom stereocenters. The number of ether oxygens (including phenoxy) is 2. The molecule has 0 aromatic rings. The maximum Gasteiger partial charge on any atom is 0.469 e. The van der Waals surface area contributed by atoms with Crippen molar-refractivity contribution in [3.05, 3.63) is 60.8 Å².